The van der Waals surface area contributed by atoms with Crippen LogP contribution in [0.25, 0.3) is 0 Å². The van der Waals surface area contributed by atoms with Gasteiger partial charge < -0.3 is 20.2 Å². The van der Waals surface area contributed by atoms with Gasteiger partial charge in [0.1, 0.15) is 12.4 Å². The van der Waals surface area contributed by atoms with E-state index in [9.17, 15) is 9.59 Å². The maximum atomic E-state index is 12.4. The summed E-state index contributed by atoms with van der Waals surface area (Å²) in [6, 6.07) is 21.6. The molecule has 7 heteroatoms. The number of hydrogen-bond donors (Lipinski definition) is 2. The Morgan fingerprint density at radius 1 is 0.781 bits per heavy atom. The van der Waals surface area contributed by atoms with E-state index in [-0.39, 0.29) is 18.4 Å². The van der Waals surface area contributed by atoms with E-state index in [2.05, 4.69) is 15.8 Å². The quantitative estimate of drug-likeness (QED) is 0.394. The number of carbonyl (C=O) groups is 2. The summed E-state index contributed by atoms with van der Waals surface area (Å²) in [6.45, 7) is 3.59. The minimum absolute atomic E-state index is 0.115. The van der Waals surface area contributed by atoms with E-state index in [4.69, 9.17) is 9.57 Å². The van der Waals surface area contributed by atoms with Crippen molar-refractivity contribution in [1.29, 1.82) is 0 Å². The van der Waals surface area contributed by atoms with Gasteiger partial charge in [-0.2, -0.15) is 0 Å². The zero-order valence-electron chi connectivity index (χ0n) is 18.2. The van der Waals surface area contributed by atoms with Crippen LogP contribution in [0.4, 0.5) is 11.4 Å². The Morgan fingerprint density at radius 3 is 1.94 bits per heavy atom. The van der Waals surface area contributed by atoms with E-state index < -0.39 is 0 Å². The number of hydrogen-bond acceptors (Lipinski definition) is 5. The summed E-state index contributed by atoms with van der Waals surface area (Å²) in [4.78, 5) is 28.9. The molecular formula is C25H25N3O4. The lowest BCUT2D eigenvalue weighted by molar-refractivity contribution is -0.114. The smallest absolute Gasteiger partial charge is 0.255 e. The molecule has 0 aliphatic carbocycles. The van der Waals surface area contributed by atoms with Crippen molar-refractivity contribution in [3.63, 3.8) is 0 Å². The van der Waals surface area contributed by atoms with Crippen LogP contribution < -0.4 is 15.4 Å². The third-order valence-electron chi connectivity index (χ3n) is 4.62. The average molecular weight is 431 g/mol. The van der Waals surface area contributed by atoms with Gasteiger partial charge in [-0.05, 0) is 66.6 Å². The normalized spacial score (nSPS) is 10.9. The van der Waals surface area contributed by atoms with Crippen LogP contribution in [0.2, 0.25) is 0 Å². The Labute approximate surface area is 187 Å². The monoisotopic (exact) mass is 431 g/mol. The number of ether oxygens (including phenoxy) is 1. The van der Waals surface area contributed by atoms with Crippen molar-refractivity contribution < 1.29 is 19.2 Å². The van der Waals surface area contributed by atoms with Gasteiger partial charge in [0.15, 0.2) is 0 Å². The van der Waals surface area contributed by atoms with Gasteiger partial charge >= 0.3 is 0 Å². The van der Waals surface area contributed by atoms with Gasteiger partial charge in [0.25, 0.3) is 5.91 Å². The number of carbonyl (C=O) groups excluding carboxylic acids is 2. The molecule has 0 atom stereocenters. The van der Waals surface area contributed by atoms with Gasteiger partial charge in [-0.3, -0.25) is 9.59 Å². The van der Waals surface area contributed by atoms with Crippen LogP contribution in [0.1, 0.15) is 35.3 Å². The van der Waals surface area contributed by atoms with Gasteiger partial charge in [-0.15, -0.1) is 0 Å². The SMILES string of the molecule is COc1ccc(NC(=O)c2ccc(CO/N=C(\C)c3ccc(NC(C)=O)cc3)cc2)cc1. The highest BCUT2D eigenvalue weighted by atomic mass is 16.6. The van der Waals surface area contributed by atoms with E-state index in [0.717, 1.165) is 28.3 Å². The number of benzene rings is 3. The molecule has 0 bridgehead atoms. The first-order valence-electron chi connectivity index (χ1n) is 10.0. The molecular weight excluding hydrogens is 406 g/mol. The molecule has 0 heterocycles. The van der Waals surface area contributed by atoms with Crippen molar-refractivity contribution in [2.45, 2.75) is 20.5 Å². The maximum Gasteiger partial charge on any atom is 0.255 e. The molecule has 3 aromatic carbocycles. The van der Waals surface area contributed by atoms with Crippen molar-refractivity contribution in [2.75, 3.05) is 17.7 Å². The number of nitrogens with zero attached hydrogens (tertiary/aromatic N) is 1. The first-order chi connectivity index (χ1) is 15.4. The summed E-state index contributed by atoms with van der Waals surface area (Å²) >= 11 is 0. The van der Waals surface area contributed by atoms with Crippen LogP contribution in [0, 0.1) is 0 Å². The van der Waals surface area contributed by atoms with Gasteiger partial charge in [-0.25, -0.2) is 0 Å². The van der Waals surface area contributed by atoms with Crippen molar-refractivity contribution >= 4 is 28.9 Å². The zero-order chi connectivity index (χ0) is 22.9. The number of nitrogens with one attached hydrogen (secondary N) is 2. The van der Waals surface area contributed by atoms with Crippen molar-refractivity contribution in [2.24, 2.45) is 5.16 Å². The number of amides is 2. The first-order valence-corrected chi connectivity index (χ1v) is 10.0. The van der Waals surface area contributed by atoms with E-state index in [1.165, 1.54) is 6.92 Å². The maximum absolute atomic E-state index is 12.4. The summed E-state index contributed by atoms with van der Waals surface area (Å²) in [6.07, 6.45) is 0. The molecule has 0 aliphatic heterocycles. The highest BCUT2D eigenvalue weighted by molar-refractivity contribution is 6.04. The van der Waals surface area contributed by atoms with E-state index >= 15 is 0 Å². The van der Waals surface area contributed by atoms with Crippen LogP contribution in [0.15, 0.2) is 78.0 Å². The lowest BCUT2D eigenvalue weighted by Gasteiger charge is -2.07. The Kier molecular flexibility index (Phi) is 7.59. The zero-order valence-corrected chi connectivity index (χ0v) is 18.2. The number of rotatable bonds is 8. The molecule has 0 aliphatic rings. The van der Waals surface area contributed by atoms with Gasteiger partial charge in [0.05, 0.1) is 12.8 Å². The lowest BCUT2D eigenvalue weighted by Crippen LogP contribution is -2.11. The standard InChI is InChI=1S/C25H25N3O4/c1-17(20-8-10-22(11-9-20)26-18(2)29)28-32-16-19-4-6-21(7-5-19)25(30)27-23-12-14-24(31-3)15-13-23/h4-15H,16H2,1-3H3,(H,26,29)(H,27,30)/b28-17+. The molecule has 32 heavy (non-hydrogen) atoms. The Bertz CT molecular complexity index is 1090. The van der Waals surface area contributed by atoms with Crippen molar-refractivity contribution in [3.05, 3.63) is 89.5 Å². The fourth-order valence-corrected chi connectivity index (χ4v) is 2.88. The molecule has 3 rings (SSSR count). The summed E-state index contributed by atoms with van der Waals surface area (Å²) in [5.74, 6) is 0.419. The second-order valence-electron chi connectivity index (χ2n) is 7.09. The molecule has 164 valence electrons. The topological polar surface area (TPSA) is 89.0 Å². The van der Waals surface area contributed by atoms with Crippen LogP contribution >= 0.6 is 0 Å². The van der Waals surface area contributed by atoms with Gasteiger partial charge in [0, 0.05) is 23.9 Å². The van der Waals surface area contributed by atoms with E-state index in [1.807, 2.05) is 43.3 Å². The predicted molar refractivity (Wildman–Crippen MR) is 125 cm³/mol. The average Bonchev–Trinajstić information content (AvgIpc) is 2.80. The van der Waals surface area contributed by atoms with E-state index in [1.54, 1.807) is 43.5 Å². The van der Waals surface area contributed by atoms with Crippen LogP contribution in [-0.4, -0.2) is 24.6 Å². The fourth-order valence-electron chi connectivity index (χ4n) is 2.88. The Morgan fingerprint density at radius 2 is 1.34 bits per heavy atom. The molecule has 0 spiro atoms. The minimum Gasteiger partial charge on any atom is -0.497 e. The molecule has 2 amide bonds. The lowest BCUT2D eigenvalue weighted by atomic mass is 10.1. The summed E-state index contributed by atoms with van der Waals surface area (Å²) in [5.41, 5.74) is 4.47. The van der Waals surface area contributed by atoms with Crippen molar-refractivity contribution in [3.8, 4) is 5.75 Å². The van der Waals surface area contributed by atoms with Crippen LogP contribution in [0.3, 0.4) is 0 Å². The molecule has 2 N–H and O–H groups in total. The summed E-state index contributed by atoms with van der Waals surface area (Å²) < 4.78 is 5.11. The number of oxime groups is 1. The third-order valence-corrected chi connectivity index (χ3v) is 4.62. The number of anilines is 2. The highest BCUT2D eigenvalue weighted by Gasteiger charge is 2.07. The second kappa shape index (κ2) is 10.8. The Balaban J connectivity index is 1.52. The Hall–Kier alpha value is -4.13. The van der Waals surface area contributed by atoms with Gasteiger partial charge in [0.2, 0.25) is 5.91 Å². The van der Waals surface area contributed by atoms with Crippen molar-refractivity contribution in [1.82, 2.24) is 0 Å². The minimum atomic E-state index is -0.195. The summed E-state index contributed by atoms with van der Waals surface area (Å²) in [7, 11) is 1.60. The van der Waals surface area contributed by atoms with Crippen LogP contribution in [0.5, 0.6) is 5.75 Å². The highest BCUT2D eigenvalue weighted by Crippen LogP contribution is 2.16. The van der Waals surface area contributed by atoms with Gasteiger partial charge in [-0.1, -0.05) is 29.4 Å². The van der Waals surface area contributed by atoms with E-state index in [0.29, 0.717) is 11.3 Å². The summed E-state index contributed by atoms with van der Waals surface area (Å²) in [5, 5.41) is 9.72. The molecule has 0 saturated carbocycles. The largest absolute Gasteiger partial charge is 0.497 e. The molecule has 0 saturated heterocycles. The molecule has 0 radical (unpaired) electrons. The first kappa shape index (κ1) is 22.6. The fraction of sp³-hybridized carbons (Fsp3) is 0.160. The molecule has 0 unspecified atom stereocenters. The third kappa shape index (κ3) is 6.43. The molecule has 7 nitrogen and oxygen atoms in total. The molecule has 0 aromatic heterocycles. The van der Waals surface area contributed by atoms with Crippen LogP contribution in [-0.2, 0) is 16.2 Å². The molecule has 0 fully saturated rings. The predicted octanol–water partition coefficient (Wildman–Crippen LogP) is 4.85. The second-order valence-corrected chi connectivity index (χ2v) is 7.09. The number of methoxy groups -OCH3 is 1. The molecule has 3 aromatic rings.